The van der Waals surface area contributed by atoms with Gasteiger partial charge in [-0.3, -0.25) is 4.79 Å². The first kappa shape index (κ1) is 25.2. The molecule has 0 radical (unpaired) electrons. The molecule has 1 heterocycles. The molecule has 0 bridgehead atoms. The zero-order valence-corrected chi connectivity index (χ0v) is 19.0. The predicted molar refractivity (Wildman–Crippen MR) is 113 cm³/mol. The Morgan fingerprint density at radius 2 is 1.76 bits per heavy atom. The Bertz CT molecular complexity index is 1470. The van der Waals surface area contributed by atoms with Crippen molar-refractivity contribution in [3.63, 3.8) is 0 Å². The van der Waals surface area contributed by atoms with E-state index in [0.29, 0.717) is 19.8 Å². The molecule has 0 amide bonds. The largest absolute Gasteiger partial charge is 0.480 e. The summed E-state index contributed by atoms with van der Waals surface area (Å²) >= 11 is 8.87. The number of carboxylic acids is 1. The van der Waals surface area contributed by atoms with E-state index >= 15 is 0 Å². The first-order chi connectivity index (χ1) is 15.7. The Morgan fingerprint density at radius 1 is 1.12 bits per heavy atom. The van der Waals surface area contributed by atoms with Crippen LogP contribution in [-0.2, 0) is 24.6 Å². The van der Waals surface area contributed by atoms with E-state index in [2.05, 4.69) is 15.9 Å². The van der Waals surface area contributed by atoms with E-state index in [-0.39, 0.29) is 22.0 Å². The Labute approximate surface area is 199 Å². The molecule has 1 N–H and O–H groups in total. The summed E-state index contributed by atoms with van der Waals surface area (Å²) in [7, 11) is 1.02. The molecule has 3 aromatic rings. The summed E-state index contributed by atoms with van der Waals surface area (Å²) in [6.07, 6.45) is -4.85. The molecule has 180 valence electrons. The summed E-state index contributed by atoms with van der Waals surface area (Å²) in [6.45, 7) is -1.04. The highest BCUT2D eigenvalue weighted by molar-refractivity contribution is 9.10. The summed E-state index contributed by atoms with van der Waals surface area (Å²) in [5, 5.41) is 8.28. The quantitative estimate of drug-likeness (QED) is 0.474. The van der Waals surface area contributed by atoms with E-state index in [1.54, 1.807) is 0 Å². The fourth-order valence-corrected chi connectivity index (χ4v) is 3.51. The van der Waals surface area contributed by atoms with Crippen molar-refractivity contribution in [3.05, 3.63) is 82.7 Å². The van der Waals surface area contributed by atoms with Crippen molar-refractivity contribution in [2.75, 3.05) is 0 Å². The van der Waals surface area contributed by atoms with Crippen molar-refractivity contribution in [3.8, 4) is 17.2 Å². The number of hydrogen-bond acceptors (Lipinski definition) is 5. The van der Waals surface area contributed by atoms with Crippen LogP contribution in [0.25, 0.3) is 5.69 Å². The minimum Gasteiger partial charge on any atom is -0.480 e. The summed E-state index contributed by atoms with van der Waals surface area (Å²) in [5.41, 5.74) is -5.16. The number of carboxylic acid groups (broad SMARTS) is 1. The third-order valence-electron chi connectivity index (χ3n) is 4.42. The number of aliphatic carboxylic acids is 1. The number of aromatic nitrogens is 3. The number of halogens is 6. The highest BCUT2D eigenvalue weighted by atomic mass is 79.9. The lowest BCUT2D eigenvalue weighted by Crippen LogP contribution is -2.53. The van der Waals surface area contributed by atoms with Crippen LogP contribution in [0.4, 0.5) is 17.6 Å². The van der Waals surface area contributed by atoms with Crippen molar-refractivity contribution >= 4 is 33.5 Å². The first-order valence-electron chi connectivity index (χ1n) is 8.91. The van der Waals surface area contributed by atoms with Gasteiger partial charge < -0.3 is 9.84 Å². The number of rotatable bonds is 5. The Morgan fingerprint density at radius 3 is 2.32 bits per heavy atom. The number of carbonyl (C=O) groups is 1. The SMILES string of the molecule is Cn1c(=O)n(CC(=O)O)c(=O)n(-c2cc(Oc3c(F)cc(C(F)(F)F)cc3Cl)ccc2Br)c1=O. The molecule has 3 rings (SSSR count). The van der Waals surface area contributed by atoms with Gasteiger partial charge in [-0.25, -0.2) is 32.5 Å². The van der Waals surface area contributed by atoms with E-state index < -0.39 is 57.9 Å². The molecule has 1 aromatic heterocycles. The smallest absolute Gasteiger partial charge is 0.416 e. The van der Waals surface area contributed by atoms with E-state index in [9.17, 15) is 36.7 Å². The van der Waals surface area contributed by atoms with E-state index in [0.717, 1.165) is 13.1 Å². The van der Waals surface area contributed by atoms with Gasteiger partial charge in [0.15, 0.2) is 11.6 Å². The molecular formula is C19H11BrClF4N3O6. The van der Waals surface area contributed by atoms with Crippen LogP contribution in [0, 0.1) is 5.82 Å². The van der Waals surface area contributed by atoms with Crippen LogP contribution in [0.5, 0.6) is 11.5 Å². The van der Waals surface area contributed by atoms with Crippen LogP contribution < -0.4 is 21.8 Å². The third-order valence-corrected chi connectivity index (χ3v) is 5.37. The zero-order chi connectivity index (χ0) is 25.5. The second kappa shape index (κ2) is 9.10. The fourth-order valence-electron chi connectivity index (χ4n) is 2.84. The maximum atomic E-state index is 14.3. The molecular weight excluding hydrogens is 558 g/mol. The van der Waals surface area contributed by atoms with Crippen molar-refractivity contribution < 1.29 is 32.2 Å². The molecule has 0 fully saturated rings. The maximum absolute atomic E-state index is 14.3. The van der Waals surface area contributed by atoms with Crippen LogP contribution in [0.2, 0.25) is 5.02 Å². The monoisotopic (exact) mass is 567 g/mol. The van der Waals surface area contributed by atoms with Crippen LogP contribution >= 0.6 is 27.5 Å². The van der Waals surface area contributed by atoms with Gasteiger partial charge in [0.25, 0.3) is 0 Å². The molecule has 0 unspecified atom stereocenters. The Hall–Kier alpha value is -3.39. The molecule has 9 nitrogen and oxygen atoms in total. The van der Waals surface area contributed by atoms with Gasteiger partial charge >= 0.3 is 29.2 Å². The molecule has 0 aliphatic rings. The topological polar surface area (TPSA) is 113 Å². The van der Waals surface area contributed by atoms with E-state index in [4.69, 9.17) is 21.4 Å². The van der Waals surface area contributed by atoms with Gasteiger partial charge in [0.2, 0.25) is 0 Å². The zero-order valence-electron chi connectivity index (χ0n) is 16.7. The van der Waals surface area contributed by atoms with Gasteiger partial charge in [-0.2, -0.15) is 13.2 Å². The van der Waals surface area contributed by atoms with Crippen molar-refractivity contribution in [1.82, 2.24) is 13.7 Å². The molecule has 0 saturated heterocycles. The highest BCUT2D eigenvalue weighted by Gasteiger charge is 2.32. The fraction of sp³-hybridized carbons (Fsp3) is 0.158. The molecule has 0 aliphatic carbocycles. The van der Waals surface area contributed by atoms with Crippen molar-refractivity contribution in [2.45, 2.75) is 12.7 Å². The van der Waals surface area contributed by atoms with Crippen molar-refractivity contribution in [2.24, 2.45) is 7.05 Å². The average molecular weight is 569 g/mol. The van der Waals surface area contributed by atoms with Gasteiger partial charge in [0.05, 0.1) is 16.3 Å². The predicted octanol–water partition coefficient (Wildman–Crippen LogP) is 3.15. The van der Waals surface area contributed by atoms with Crippen LogP contribution in [0.1, 0.15) is 5.56 Å². The Kier molecular flexibility index (Phi) is 6.75. The number of hydrogen-bond donors (Lipinski definition) is 1. The second-order valence-corrected chi connectivity index (χ2v) is 7.97. The summed E-state index contributed by atoms with van der Waals surface area (Å²) in [4.78, 5) is 48.6. The number of ether oxygens (including phenoxy) is 1. The minimum absolute atomic E-state index is 0.110. The Balaban J connectivity index is 2.17. The molecule has 34 heavy (non-hydrogen) atoms. The molecule has 2 aromatic carbocycles. The molecule has 15 heteroatoms. The standard InChI is InChI=1S/C19H11BrClF4N3O6/c1-26-16(31)27(7-14(29)30)18(33)28(17(26)32)13-6-9(2-3-10(13)20)34-15-11(21)4-8(5-12(15)22)19(23,24)25/h2-6H,7H2,1H3,(H,29,30). The van der Waals surface area contributed by atoms with Gasteiger partial charge in [-0.05, 0) is 40.2 Å². The van der Waals surface area contributed by atoms with E-state index in [1.807, 2.05) is 0 Å². The molecule has 0 aliphatic heterocycles. The average Bonchev–Trinajstić information content (AvgIpc) is 2.73. The van der Waals surface area contributed by atoms with Crippen molar-refractivity contribution in [1.29, 1.82) is 0 Å². The van der Waals surface area contributed by atoms with Crippen LogP contribution in [0.3, 0.4) is 0 Å². The van der Waals surface area contributed by atoms with Gasteiger partial charge in [-0.1, -0.05) is 11.6 Å². The third kappa shape index (κ3) is 4.77. The number of nitrogens with zero attached hydrogens (tertiary/aromatic N) is 3. The lowest BCUT2D eigenvalue weighted by molar-refractivity contribution is -0.138. The molecule has 0 atom stereocenters. The lowest BCUT2D eigenvalue weighted by Gasteiger charge is -2.15. The normalized spacial score (nSPS) is 11.5. The first-order valence-corrected chi connectivity index (χ1v) is 10.1. The summed E-state index contributed by atoms with van der Waals surface area (Å²) in [5.74, 6) is -3.94. The van der Waals surface area contributed by atoms with Gasteiger partial charge in [-0.15, -0.1) is 0 Å². The highest BCUT2D eigenvalue weighted by Crippen LogP contribution is 2.39. The van der Waals surface area contributed by atoms with Crippen LogP contribution in [0.15, 0.2) is 49.2 Å². The van der Waals surface area contributed by atoms with E-state index in [1.165, 1.54) is 12.1 Å². The molecule has 0 spiro atoms. The maximum Gasteiger partial charge on any atom is 0.416 e. The molecule has 0 saturated carbocycles. The number of benzene rings is 2. The summed E-state index contributed by atoms with van der Waals surface area (Å²) < 4.78 is 59.5. The van der Waals surface area contributed by atoms with Gasteiger partial charge in [0.1, 0.15) is 12.3 Å². The van der Waals surface area contributed by atoms with Gasteiger partial charge in [0, 0.05) is 17.6 Å². The number of alkyl halides is 3. The lowest BCUT2D eigenvalue weighted by atomic mass is 10.2. The minimum atomic E-state index is -4.85. The second-order valence-electron chi connectivity index (χ2n) is 6.70. The summed E-state index contributed by atoms with van der Waals surface area (Å²) in [6, 6.07) is 4.17. The van der Waals surface area contributed by atoms with Crippen LogP contribution in [-0.4, -0.2) is 24.8 Å².